The minimum absolute atomic E-state index is 0.0705. The highest BCUT2D eigenvalue weighted by atomic mass is 16.5. The zero-order valence-corrected chi connectivity index (χ0v) is 24.1. The summed E-state index contributed by atoms with van der Waals surface area (Å²) in [4.78, 5) is 56.7. The van der Waals surface area contributed by atoms with Gasteiger partial charge in [-0.05, 0) is 72.1 Å². The summed E-state index contributed by atoms with van der Waals surface area (Å²) in [5.74, 6) is -1.30. The van der Waals surface area contributed by atoms with E-state index in [1.54, 1.807) is 79.9 Å². The number of hydrogen-bond donors (Lipinski definition) is 1. The fourth-order valence-electron chi connectivity index (χ4n) is 5.10. The van der Waals surface area contributed by atoms with Crippen molar-refractivity contribution in [3.05, 3.63) is 119 Å². The Bertz CT molecular complexity index is 1680. The molecule has 1 aliphatic rings. The lowest BCUT2D eigenvalue weighted by Gasteiger charge is -2.33. The number of Topliss-reactive ketones (excluding diaryl/α,β-unsaturated/α-hetero) is 1. The fraction of sp³-hybridized carbons (Fsp3) is 0.176. The molecule has 0 aromatic heterocycles. The van der Waals surface area contributed by atoms with Gasteiger partial charge in [-0.25, -0.2) is 0 Å². The predicted octanol–water partition coefficient (Wildman–Crippen LogP) is 4.95. The normalized spacial score (nSPS) is 12.9. The molecule has 3 amide bonds. The van der Waals surface area contributed by atoms with Crippen LogP contribution in [0.15, 0.2) is 97.1 Å². The molecular formula is C34H31N3O6. The number of aryl methyl sites for hydroxylation is 1. The van der Waals surface area contributed by atoms with E-state index in [2.05, 4.69) is 5.32 Å². The second-order valence-electron chi connectivity index (χ2n) is 10.1. The zero-order valence-electron chi connectivity index (χ0n) is 24.1. The van der Waals surface area contributed by atoms with Crippen molar-refractivity contribution in [3.8, 4) is 11.5 Å². The van der Waals surface area contributed by atoms with Crippen molar-refractivity contribution in [3.63, 3.8) is 0 Å². The van der Waals surface area contributed by atoms with Crippen LogP contribution in [0.3, 0.4) is 0 Å². The average Bonchev–Trinajstić information content (AvgIpc) is 3.26. The van der Waals surface area contributed by atoms with E-state index in [1.165, 1.54) is 16.9 Å². The van der Waals surface area contributed by atoms with E-state index in [0.717, 1.165) is 11.1 Å². The first-order valence-corrected chi connectivity index (χ1v) is 13.7. The number of fused-ring (bicyclic) bond motifs is 1. The van der Waals surface area contributed by atoms with Crippen molar-refractivity contribution in [1.82, 2.24) is 4.90 Å². The Labute approximate surface area is 249 Å². The predicted molar refractivity (Wildman–Crippen MR) is 162 cm³/mol. The van der Waals surface area contributed by atoms with Gasteiger partial charge in [0, 0.05) is 12.2 Å². The summed E-state index contributed by atoms with van der Waals surface area (Å²) < 4.78 is 10.7. The monoisotopic (exact) mass is 577 g/mol. The minimum atomic E-state index is -1.12. The summed E-state index contributed by atoms with van der Waals surface area (Å²) in [6, 6.07) is 26.8. The molecule has 1 atom stereocenters. The van der Waals surface area contributed by atoms with Crippen LogP contribution in [0, 0.1) is 6.92 Å². The summed E-state index contributed by atoms with van der Waals surface area (Å²) in [5.41, 5.74) is 3.38. The van der Waals surface area contributed by atoms with Crippen LogP contribution in [0.5, 0.6) is 11.5 Å². The summed E-state index contributed by atoms with van der Waals surface area (Å²) in [6.45, 7) is 1.57. The highest BCUT2D eigenvalue weighted by Crippen LogP contribution is 2.32. The van der Waals surface area contributed by atoms with E-state index in [-0.39, 0.29) is 12.1 Å². The van der Waals surface area contributed by atoms with Gasteiger partial charge in [-0.3, -0.25) is 24.1 Å². The number of nitrogens with one attached hydrogen (secondary N) is 1. The highest BCUT2D eigenvalue weighted by molar-refractivity contribution is 6.52. The van der Waals surface area contributed by atoms with Gasteiger partial charge < -0.3 is 19.7 Å². The molecular weight excluding hydrogens is 546 g/mol. The molecule has 0 bridgehead atoms. The lowest BCUT2D eigenvalue weighted by molar-refractivity contribution is -0.139. The molecule has 9 heteroatoms. The third-order valence-electron chi connectivity index (χ3n) is 7.42. The van der Waals surface area contributed by atoms with E-state index in [9.17, 15) is 19.2 Å². The summed E-state index contributed by atoms with van der Waals surface area (Å²) in [7, 11) is 3.08. The first-order valence-electron chi connectivity index (χ1n) is 13.7. The Kier molecular flexibility index (Phi) is 8.52. The summed E-state index contributed by atoms with van der Waals surface area (Å²) >= 11 is 0. The molecule has 4 aromatic rings. The topological polar surface area (TPSA) is 105 Å². The molecule has 0 spiro atoms. The highest BCUT2D eigenvalue weighted by Gasteiger charge is 2.39. The molecule has 1 unspecified atom stereocenters. The van der Waals surface area contributed by atoms with E-state index in [4.69, 9.17) is 9.47 Å². The molecule has 0 saturated carbocycles. The number of hydrogen-bond acceptors (Lipinski definition) is 6. The Balaban J connectivity index is 1.57. The molecule has 1 heterocycles. The summed E-state index contributed by atoms with van der Waals surface area (Å²) in [5, 5.41) is 2.93. The molecule has 4 aromatic carbocycles. The van der Waals surface area contributed by atoms with Gasteiger partial charge >= 0.3 is 0 Å². The van der Waals surface area contributed by atoms with Crippen molar-refractivity contribution in [1.29, 1.82) is 0 Å². The second-order valence-corrected chi connectivity index (χ2v) is 10.1. The van der Waals surface area contributed by atoms with Crippen LogP contribution in [-0.2, 0) is 20.9 Å². The maximum Gasteiger partial charge on any atom is 0.299 e. The molecule has 0 aliphatic carbocycles. The largest absolute Gasteiger partial charge is 0.497 e. The number of nitrogens with zero attached hydrogens (tertiary/aromatic N) is 2. The number of benzene rings is 4. The number of para-hydroxylation sites is 1. The van der Waals surface area contributed by atoms with Gasteiger partial charge in [0.15, 0.2) is 0 Å². The van der Waals surface area contributed by atoms with E-state index in [1.807, 2.05) is 31.2 Å². The lowest BCUT2D eigenvalue weighted by atomic mass is 10.0. The van der Waals surface area contributed by atoms with Gasteiger partial charge in [0.25, 0.3) is 17.6 Å². The molecule has 0 fully saturated rings. The quantitative estimate of drug-likeness (QED) is 0.268. The van der Waals surface area contributed by atoms with Crippen LogP contribution in [-0.4, -0.2) is 49.2 Å². The van der Waals surface area contributed by atoms with Crippen molar-refractivity contribution >= 4 is 34.9 Å². The number of amides is 3. The summed E-state index contributed by atoms with van der Waals surface area (Å²) in [6.07, 6.45) is 0. The van der Waals surface area contributed by atoms with Gasteiger partial charge in [0.1, 0.15) is 24.1 Å². The number of ketones is 1. The van der Waals surface area contributed by atoms with Crippen molar-refractivity contribution in [2.45, 2.75) is 19.5 Å². The average molecular weight is 578 g/mol. The van der Waals surface area contributed by atoms with Gasteiger partial charge in [-0.1, -0.05) is 48.5 Å². The number of anilines is 2. The Morgan fingerprint density at radius 1 is 0.837 bits per heavy atom. The third kappa shape index (κ3) is 6.11. The Hall–Kier alpha value is -5.44. The zero-order chi connectivity index (χ0) is 30.5. The van der Waals surface area contributed by atoms with Crippen LogP contribution >= 0.6 is 0 Å². The maximum absolute atomic E-state index is 14.3. The minimum Gasteiger partial charge on any atom is -0.497 e. The molecule has 1 aliphatic heterocycles. The van der Waals surface area contributed by atoms with Gasteiger partial charge in [-0.2, -0.15) is 0 Å². The number of carbonyl (C=O) groups excluding carboxylic acids is 4. The van der Waals surface area contributed by atoms with E-state index >= 15 is 0 Å². The van der Waals surface area contributed by atoms with Gasteiger partial charge in [0.2, 0.25) is 5.91 Å². The number of methoxy groups -OCH3 is 2. The van der Waals surface area contributed by atoms with E-state index < -0.39 is 36.1 Å². The van der Waals surface area contributed by atoms with Crippen LogP contribution in [0.2, 0.25) is 0 Å². The maximum atomic E-state index is 14.3. The molecule has 1 N–H and O–H groups in total. The molecule has 0 radical (unpaired) electrons. The third-order valence-corrected chi connectivity index (χ3v) is 7.42. The van der Waals surface area contributed by atoms with Crippen LogP contribution in [0.1, 0.15) is 33.1 Å². The van der Waals surface area contributed by atoms with Crippen LogP contribution in [0.4, 0.5) is 11.4 Å². The first kappa shape index (κ1) is 29.1. The molecule has 9 nitrogen and oxygen atoms in total. The van der Waals surface area contributed by atoms with Crippen molar-refractivity contribution in [2.75, 3.05) is 31.0 Å². The van der Waals surface area contributed by atoms with Crippen molar-refractivity contribution < 1.29 is 28.7 Å². The fourth-order valence-corrected chi connectivity index (χ4v) is 5.10. The van der Waals surface area contributed by atoms with Crippen LogP contribution in [0.25, 0.3) is 0 Å². The van der Waals surface area contributed by atoms with Gasteiger partial charge in [0.05, 0.1) is 25.5 Å². The van der Waals surface area contributed by atoms with Crippen molar-refractivity contribution in [2.24, 2.45) is 0 Å². The van der Waals surface area contributed by atoms with Crippen LogP contribution < -0.4 is 19.7 Å². The molecule has 218 valence electrons. The number of ether oxygens (including phenoxy) is 2. The second kappa shape index (κ2) is 12.6. The first-order chi connectivity index (χ1) is 20.8. The standard InChI is InChI=1S/C34H31N3O6/c1-22-9-4-5-10-24(22)20-37(30(38)21-36-29-14-7-6-13-28(29)32(39)34(36)41)31(23-11-8-12-27(19-23)43-3)33(40)35-25-15-17-26(42-2)18-16-25/h4-19,31H,20-21H2,1-3H3,(H,35,40). The smallest absolute Gasteiger partial charge is 0.299 e. The molecule has 43 heavy (non-hydrogen) atoms. The molecule has 0 saturated heterocycles. The number of rotatable bonds is 10. The van der Waals surface area contributed by atoms with Gasteiger partial charge in [-0.15, -0.1) is 0 Å². The van der Waals surface area contributed by atoms with E-state index in [0.29, 0.717) is 28.4 Å². The Morgan fingerprint density at radius 3 is 2.26 bits per heavy atom. The SMILES string of the molecule is COc1ccc(NC(=O)C(c2cccc(OC)c2)N(Cc2ccccc2C)C(=O)CN2C(=O)C(=O)c3ccccc32)cc1. The number of carbonyl (C=O) groups is 4. The Morgan fingerprint density at radius 2 is 1.53 bits per heavy atom. The molecule has 5 rings (SSSR count). The lowest BCUT2D eigenvalue weighted by Crippen LogP contribution is -2.46.